The molecule has 1 aliphatic rings. The Morgan fingerprint density at radius 3 is 2.67 bits per heavy atom. The van der Waals surface area contributed by atoms with Gasteiger partial charge in [-0.2, -0.15) is 0 Å². The van der Waals surface area contributed by atoms with Crippen LogP contribution in [0.4, 0.5) is 0 Å². The molecule has 1 aliphatic carbocycles. The van der Waals surface area contributed by atoms with Crippen molar-refractivity contribution in [2.24, 2.45) is 7.05 Å². The summed E-state index contributed by atoms with van der Waals surface area (Å²) in [5.41, 5.74) is 3.10. The molecule has 0 atom stereocenters. The standard InChI is InChI=1S/C17H20BrNO2/c1-19-14-10-12(17(20)21-2)8-9-13(14)15(16(19)18)11-6-4-3-5-7-11/h8-11H,3-7H2,1-2H3. The number of hydrogen-bond donors (Lipinski definition) is 0. The number of benzene rings is 1. The fraction of sp³-hybridized carbons (Fsp3) is 0.471. The van der Waals surface area contributed by atoms with Gasteiger partial charge < -0.3 is 9.30 Å². The smallest absolute Gasteiger partial charge is 0.337 e. The van der Waals surface area contributed by atoms with E-state index in [2.05, 4.69) is 26.6 Å². The largest absolute Gasteiger partial charge is 0.465 e. The van der Waals surface area contributed by atoms with Crippen molar-refractivity contribution >= 4 is 32.8 Å². The molecule has 21 heavy (non-hydrogen) atoms. The van der Waals surface area contributed by atoms with Gasteiger partial charge in [-0.25, -0.2) is 4.79 Å². The SMILES string of the molecule is COC(=O)c1ccc2c(C3CCCCC3)c(Br)n(C)c2c1. The number of esters is 1. The second-order valence-electron chi connectivity index (χ2n) is 5.82. The molecule has 1 fully saturated rings. The van der Waals surface area contributed by atoms with E-state index in [1.807, 2.05) is 19.2 Å². The van der Waals surface area contributed by atoms with E-state index < -0.39 is 0 Å². The first-order chi connectivity index (χ1) is 10.1. The van der Waals surface area contributed by atoms with Crippen LogP contribution in [0.2, 0.25) is 0 Å². The molecule has 0 unspecified atom stereocenters. The van der Waals surface area contributed by atoms with E-state index in [4.69, 9.17) is 4.74 Å². The second kappa shape index (κ2) is 5.84. The molecule has 1 heterocycles. The monoisotopic (exact) mass is 349 g/mol. The lowest BCUT2D eigenvalue weighted by Gasteiger charge is -2.22. The molecule has 2 aromatic rings. The van der Waals surface area contributed by atoms with Crippen molar-refractivity contribution in [2.45, 2.75) is 38.0 Å². The predicted molar refractivity (Wildman–Crippen MR) is 87.8 cm³/mol. The minimum Gasteiger partial charge on any atom is -0.465 e. The van der Waals surface area contributed by atoms with E-state index in [1.54, 1.807) is 0 Å². The molecule has 0 saturated heterocycles. The topological polar surface area (TPSA) is 31.2 Å². The van der Waals surface area contributed by atoms with Crippen molar-refractivity contribution in [1.82, 2.24) is 4.57 Å². The Bertz CT molecular complexity index is 684. The van der Waals surface area contributed by atoms with Crippen LogP contribution in [0.5, 0.6) is 0 Å². The Morgan fingerprint density at radius 2 is 2.00 bits per heavy atom. The van der Waals surface area contributed by atoms with Crippen molar-refractivity contribution in [2.75, 3.05) is 7.11 Å². The van der Waals surface area contributed by atoms with Gasteiger partial charge in [0.05, 0.1) is 17.3 Å². The average Bonchev–Trinajstić information content (AvgIpc) is 2.78. The van der Waals surface area contributed by atoms with Crippen LogP contribution in [-0.4, -0.2) is 17.6 Å². The summed E-state index contributed by atoms with van der Waals surface area (Å²) in [6.45, 7) is 0. The van der Waals surface area contributed by atoms with Crippen LogP contribution in [0.1, 0.15) is 53.9 Å². The maximum atomic E-state index is 11.7. The number of nitrogens with zero attached hydrogens (tertiary/aromatic N) is 1. The molecular weight excluding hydrogens is 330 g/mol. The highest BCUT2D eigenvalue weighted by atomic mass is 79.9. The summed E-state index contributed by atoms with van der Waals surface area (Å²) in [7, 11) is 3.46. The minimum atomic E-state index is -0.284. The Morgan fingerprint density at radius 1 is 1.29 bits per heavy atom. The summed E-state index contributed by atoms with van der Waals surface area (Å²) >= 11 is 3.75. The van der Waals surface area contributed by atoms with Crippen LogP contribution in [0.25, 0.3) is 10.9 Å². The number of aryl methyl sites for hydroxylation is 1. The molecule has 0 radical (unpaired) electrons. The zero-order valence-corrected chi connectivity index (χ0v) is 14.1. The number of carbonyl (C=O) groups is 1. The van der Waals surface area contributed by atoms with Crippen LogP contribution in [0.15, 0.2) is 22.8 Å². The van der Waals surface area contributed by atoms with Crippen molar-refractivity contribution in [3.05, 3.63) is 33.9 Å². The first kappa shape index (κ1) is 14.6. The van der Waals surface area contributed by atoms with Gasteiger partial charge in [0.25, 0.3) is 0 Å². The minimum absolute atomic E-state index is 0.284. The van der Waals surface area contributed by atoms with Crippen molar-refractivity contribution in [3.63, 3.8) is 0 Å². The Hall–Kier alpha value is -1.29. The molecule has 4 heteroatoms. The van der Waals surface area contributed by atoms with Gasteiger partial charge in [-0.05, 0) is 52.4 Å². The fourth-order valence-electron chi connectivity index (χ4n) is 3.46. The number of hydrogen-bond acceptors (Lipinski definition) is 2. The lowest BCUT2D eigenvalue weighted by molar-refractivity contribution is 0.0601. The molecule has 1 aromatic carbocycles. The zero-order valence-electron chi connectivity index (χ0n) is 12.5. The van der Waals surface area contributed by atoms with Gasteiger partial charge >= 0.3 is 5.97 Å². The van der Waals surface area contributed by atoms with Gasteiger partial charge in [0, 0.05) is 18.0 Å². The Labute approximate surface area is 133 Å². The van der Waals surface area contributed by atoms with Crippen LogP contribution >= 0.6 is 15.9 Å². The van der Waals surface area contributed by atoms with Gasteiger partial charge in [-0.3, -0.25) is 0 Å². The number of methoxy groups -OCH3 is 1. The zero-order chi connectivity index (χ0) is 15.0. The molecule has 0 aliphatic heterocycles. The highest BCUT2D eigenvalue weighted by molar-refractivity contribution is 9.10. The van der Waals surface area contributed by atoms with Crippen molar-refractivity contribution < 1.29 is 9.53 Å². The molecule has 112 valence electrons. The van der Waals surface area contributed by atoms with Gasteiger partial charge in [-0.1, -0.05) is 25.3 Å². The molecular formula is C17H20BrNO2. The predicted octanol–water partition coefficient (Wildman–Crippen LogP) is 4.78. The first-order valence-electron chi connectivity index (χ1n) is 7.49. The summed E-state index contributed by atoms with van der Waals surface area (Å²) in [5, 5.41) is 1.25. The number of aromatic nitrogens is 1. The van der Waals surface area contributed by atoms with E-state index in [-0.39, 0.29) is 5.97 Å². The number of ether oxygens (including phenoxy) is 1. The van der Waals surface area contributed by atoms with Gasteiger partial charge in [-0.15, -0.1) is 0 Å². The van der Waals surface area contributed by atoms with Crippen LogP contribution < -0.4 is 0 Å². The van der Waals surface area contributed by atoms with E-state index in [0.29, 0.717) is 11.5 Å². The lowest BCUT2D eigenvalue weighted by atomic mass is 9.84. The molecule has 3 rings (SSSR count). The number of carbonyl (C=O) groups excluding carboxylic acids is 1. The average molecular weight is 350 g/mol. The molecule has 0 spiro atoms. The van der Waals surface area contributed by atoms with Gasteiger partial charge in [0.2, 0.25) is 0 Å². The molecule has 0 amide bonds. The third-order valence-corrected chi connectivity index (χ3v) is 5.56. The first-order valence-corrected chi connectivity index (χ1v) is 8.29. The van der Waals surface area contributed by atoms with Gasteiger partial charge in [0.15, 0.2) is 0 Å². The van der Waals surface area contributed by atoms with E-state index >= 15 is 0 Å². The van der Waals surface area contributed by atoms with Crippen LogP contribution in [0.3, 0.4) is 0 Å². The van der Waals surface area contributed by atoms with Crippen LogP contribution in [0, 0.1) is 0 Å². The molecule has 1 saturated carbocycles. The molecule has 0 N–H and O–H groups in total. The highest BCUT2D eigenvalue weighted by Gasteiger charge is 2.24. The Balaban J connectivity index is 2.13. The third-order valence-electron chi connectivity index (χ3n) is 4.60. The van der Waals surface area contributed by atoms with Gasteiger partial charge in [0.1, 0.15) is 0 Å². The lowest BCUT2D eigenvalue weighted by Crippen LogP contribution is -2.05. The normalized spacial score (nSPS) is 16.3. The molecule has 1 aromatic heterocycles. The van der Waals surface area contributed by atoms with Crippen molar-refractivity contribution in [1.29, 1.82) is 0 Å². The van der Waals surface area contributed by atoms with Crippen molar-refractivity contribution in [3.8, 4) is 0 Å². The molecule has 3 nitrogen and oxygen atoms in total. The Kier molecular flexibility index (Phi) is 4.07. The summed E-state index contributed by atoms with van der Waals surface area (Å²) < 4.78 is 8.09. The number of fused-ring (bicyclic) bond motifs is 1. The van der Waals surface area contributed by atoms with E-state index in [9.17, 15) is 4.79 Å². The van der Waals surface area contributed by atoms with E-state index in [1.165, 1.54) is 50.2 Å². The maximum absolute atomic E-state index is 11.7. The maximum Gasteiger partial charge on any atom is 0.337 e. The summed E-state index contributed by atoms with van der Waals surface area (Å²) in [5.74, 6) is 0.342. The third kappa shape index (κ3) is 2.50. The summed E-state index contributed by atoms with van der Waals surface area (Å²) in [6.07, 6.45) is 6.50. The number of rotatable bonds is 2. The quantitative estimate of drug-likeness (QED) is 0.730. The van der Waals surface area contributed by atoms with Crippen LogP contribution in [-0.2, 0) is 11.8 Å². The fourth-order valence-corrected chi connectivity index (χ4v) is 4.19. The molecule has 0 bridgehead atoms. The summed E-state index contributed by atoms with van der Waals surface area (Å²) in [4.78, 5) is 11.7. The number of halogens is 1. The summed E-state index contributed by atoms with van der Waals surface area (Å²) in [6, 6.07) is 5.86. The highest BCUT2D eigenvalue weighted by Crippen LogP contribution is 2.42. The van der Waals surface area contributed by atoms with E-state index in [0.717, 1.165) is 10.1 Å². The second-order valence-corrected chi connectivity index (χ2v) is 6.57.